The minimum atomic E-state index is -4.91. The van der Waals surface area contributed by atoms with Crippen molar-refractivity contribution in [2.45, 2.75) is 13.3 Å². The van der Waals surface area contributed by atoms with Crippen LogP contribution in [0.4, 0.5) is 23.2 Å². The van der Waals surface area contributed by atoms with E-state index in [1.54, 1.807) is 0 Å². The molecule has 0 atom stereocenters. The van der Waals surface area contributed by atoms with Crippen molar-refractivity contribution in [1.82, 2.24) is 0 Å². The first-order valence-electron chi connectivity index (χ1n) is 3.61. The number of hydrogen-bond acceptors (Lipinski definition) is 2. The Morgan fingerprint density at radius 2 is 1.86 bits per heavy atom. The molecule has 1 aromatic rings. The molecule has 0 aliphatic heterocycles. The number of rotatable bonds is 1. The third-order valence-electron chi connectivity index (χ3n) is 1.59. The Morgan fingerprint density at radius 1 is 1.29 bits per heavy atom. The zero-order valence-electron chi connectivity index (χ0n) is 7.15. The lowest BCUT2D eigenvalue weighted by Gasteiger charge is -2.11. The monoisotopic (exact) mass is 209 g/mol. The average molecular weight is 209 g/mol. The summed E-state index contributed by atoms with van der Waals surface area (Å²) in [6.45, 7) is 1.48. The molecule has 1 rings (SSSR count). The van der Waals surface area contributed by atoms with E-state index in [1.807, 2.05) is 0 Å². The highest BCUT2D eigenvalue weighted by Crippen LogP contribution is 2.29. The largest absolute Gasteiger partial charge is 0.573 e. The molecule has 0 unspecified atom stereocenters. The molecule has 2 N–H and O–H groups in total. The van der Waals surface area contributed by atoms with Crippen molar-refractivity contribution in [3.63, 3.8) is 0 Å². The lowest BCUT2D eigenvalue weighted by Crippen LogP contribution is -2.18. The zero-order chi connectivity index (χ0) is 10.9. The summed E-state index contributed by atoms with van der Waals surface area (Å²) in [4.78, 5) is 0. The van der Waals surface area contributed by atoms with Crippen molar-refractivity contribution in [3.05, 3.63) is 23.5 Å². The van der Waals surface area contributed by atoms with Gasteiger partial charge in [-0.25, -0.2) is 4.39 Å². The van der Waals surface area contributed by atoms with Crippen LogP contribution in [0, 0.1) is 12.7 Å². The molecule has 14 heavy (non-hydrogen) atoms. The number of alkyl halides is 3. The maximum Gasteiger partial charge on any atom is 0.573 e. The fourth-order valence-electron chi connectivity index (χ4n) is 0.873. The van der Waals surface area contributed by atoms with Gasteiger partial charge in [-0.15, -0.1) is 13.2 Å². The fourth-order valence-corrected chi connectivity index (χ4v) is 0.873. The normalized spacial score (nSPS) is 11.5. The van der Waals surface area contributed by atoms with Crippen LogP contribution in [-0.4, -0.2) is 6.36 Å². The molecule has 0 heterocycles. The van der Waals surface area contributed by atoms with Crippen LogP contribution in [0.2, 0.25) is 0 Å². The van der Waals surface area contributed by atoms with Crippen LogP contribution in [0.25, 0.3) is 0 Å². The van der Waals surface area contributed by atoms with Crippen molar-refractivity contribution in [3.8, 4) is 5.75 Å². The third-order valence-corrected chi connectivity index (χ3v) is 1.59. The third kappa shape index (κ3) is 2.27. The van der Waals surface area contributed by atoms with Gasteiger partial charge in [-0.05, 0) is 18.6 Å². The summed E-state index contributed by atoms with van der Waals surface area (Å²) >= 11 is 0. The number of nitrogen functional groups attached to an aromatic ring is 1. The Labute approximate surface area is 77.3 Å². The Bertz CT molecular complexity index is 348. The second kappa shape index (κ2) is 3.36. The number of benzene rings is 1. The average Bonchev–Trinajstić information content (AvgIpc) is 2.04. The van der Waals surface area contributed by atoms with Crippen molar-refractivity contribution in [2.75, 3.05) is 5.73 Å². The van der Waals surface area contributed by atoms with Crippen LogP contribution in [-0.2, 0) is 0 Å². The van der Waals surface area contributed by atoms with E-state index in [-0.39, 0.29) is 5.69 Å². The smallest absolute Gasteiger partial charge is 0.403 e. The van der Waals surface area contributed by atoms with E-state index in [0.29, 0.717) is 5.56 Å². The Balaban J connectivity index is 3.06. The Morgan fingerprint density at radius 3 is 2.36 bits per heavy atom. The number of aryl methyl sites for hydroxylation is 1. The predicted molar refractivity (Wildman–Crippen MR) is 42.2 cm³/mol. The molecular weight excluding hydrogens is 202 g/mol. The highest BCUT2D eigenvalue weighted by atomic mass is 19.4. The van der Waals surface area contributed by atoms with Crippen LogP contribution >= 0.6 is 0 Å². The SMILES string of the molecule is Cc1ccc(OC(F)(F)F)c(F)c1N. The molecule has 2 nitrogen and oxygen atoms in total. The van der Waals surface area contributed by atoms with Crippen molar-refractivity contribution in [2.24, 2.45) is 0 Å². The number of nitrogens with two attached hydrogens (primary N) is 1. The first-order valence-corrected chi connectivity index (χ1v) is 3.61. The van der Waals surface area contributed by atoms with Gasteiger partial charge >= 0.3 is 6.36 Å². The topological polar surface area (TPSA) is 35.2 Å². The molecule has 1 aromatic carbocycles. The summed E-state index contributed by atoms with van der Waals surface area (Å²) in [6.07, 6.45) is -4.91. The molecule has 0 aliphatic carbocycles. The number of halogens is 4. The van der Waals surface area contributed by atoms with E-state index in [2.05, 4.69) is 4.74 Å². The van der Waals surface area contributed by atoms with E-state index >= 15 is 0 Å². The second-order valence-electron chi connectivity index (χ2n) is 2.66. The lowest BCUT2D eigenvalue weighted by atomic mass is 10.2. The van der Waals surface area contributed by atoms with Gasteiger partial charge in [0.05, 0.1) is 5.69 Å². The van der Waals surface area contributed by atoms with Gasteiger partial charge < -0.3 is 10.5 Å². The summed E-state index contributed by atoms with van der Waals surface area (Å²) in [5, 5.41) is 0. The molecule has 0 amide bonds. The molecule has 78 valence electrons. The summed E-state index contributed by atoms with van der Waals surface area (Å²) < 4.78 is 51.6. The van der Waals surface area contributed by atoms with Crippen molar-refractivity contribution in [1.29, 1.82) is 0 Å². The Kier molecular flexibility index (Phi) is 2.55. The van der Waals surface area contributed by atoms with Crippen molar-refractivity contribution < 1.29 is 22.3 Å². The quantitative estimate of drug-likeness (QED) is 0.570. The summed E-state index contributed by atoms with van der Waals surface area (Å²) in [6, 6.07) is 2.13. The summed E-state index contributed by atoms with van der Waals surface area (Å²) in [5.41, 5.74) is 5.20. The van der Waals surface area contributed by atoms with E-state index in [1.165, 1.54) is 13.0 Å². The highest BCUT2D eigenvalue weighted by molar-refractivity contribution is 5.52. The zero-order valence-corrected chi connectivity index (χ0v) is 7.15. The molecule has 0 spiro atoms. The van der Waals surface area contributed by atoms with Gasteiger partial charge in [0.2, 0.25) is 0 Å². The molecule has 0 fully saturated rings. The van der Waals surface area contributed by atoms with Crippen LogP contribution in [0.1, 0.15) is 5.56 Å². The van der Waals surface area contributed by atoms with Crippen LogP contribution in [0.5, 0.6) is 5.75 Å². The fraction of sp³-hybridized carbons (Fsp3) is 0.250. The molecule has 0 saturated heterocycles. The number of anilines is 1. The molecule has 0 bridgehead atoms. The molecule has 0 radical (unpaired) electrons. The minimum absolute atomic E-state index is 0.341. The molecule has 6 heteroatoms. The van der Waals surface area contributed by atoms with Crippen LogP contribution in [0.3, 0.4) is 0 Å². The van der Waals surface area contributed by atoms with E-state index in [9.17, 15) is 17.6 Å². The van der Waals surface area contributed by atoms with Gasteiger partial charge in [-0.1, -0.05) is 6.07 Å². The number of hydrogen-bond donors (Lipinski definition) is 1. The van der Waals surface area contributed by atoms with E-state index < -0.39 is 17.9 Å². The predicted octanol–water partition coefficient (Wildman–Crippen LogP) is 2.61. The first-order chi connectivity index (χ1) is 6.31. The standard InChI is InChI=1S/C8H7F4NO/c1-4-2-3-5(6(9)7(4)13)14-8(10,11)12/h2-3H,13H2,1H3. The molecule has 0 aliphatic rings. The van der Waals surface area contributed by atoms with Gasteiger partial charge in [0.15, 0.2) is 11.6 Å². The van der Waals surface area contributed by atoms with E-state index in [4.69, 9.17) is 5.73 Å². The first kappa shape index (κ1) is 10.6. The maximum absolute atomic E-state index is 13.0. The maximum atomic E-state index is 13.0. The summed E-state index contributed by atoms with van der Waals surface area (Å²) in [7, 11) is 0. The van der Waals surface area contributed by atoms with Crippen LogP contribution in [0.15, 0.2) is 12.1 Å². The van der Waals surface area contributed by atoms with Gasteiger partial charge in [0.25, 0.3) is 0 Å². The molecule has 0 aromatic heterocycles. The van der Waals surface area contributed by atoms with Gasteiger partial charge in [0.1, 0.15) is 0 Å². The minimum Gasteiger partial charge on any atom is -0.403 e. The Hall–Kier alpha value is -1.46. The van der Waals surface area contributed by atoms with E-state index in [0.717, 1.165) is 6.07 Å². The molecule has 0 saturated carbocycles. The van der Waals surface area contributed by atoms with Gasteiger partial charge in [-0.2, -0.15) is 0 Å². The van der Waals surface area contributed by atoms with Crippen LogP contribution < -0.4 is 10.5 Å². The van der Waals surface area contributed by atoms with Gasteiger partial charge in [-0.3, -0.25) is 0 Å². The second-order valence-corrected chi connectivity index (χ2v) is 2.66. The highest BCUT2D eigenvalue weighted by Gasteiger charge is 2.32. The van der Waals surface area contributed by atoms with Crippen molar-refractivity contribution >= 4 is 5.69 Å². The number of ether oxygens (including phenoxy) is 1. The summed E-state index contributed by atoms with van der Waals surface area (Å²) in [5.74, 6) is -2.11. The molecular formula is C8H7F4NO. The lowest BCUT2D eigenvalue weighted by molar-refractivity contribution is -0.275. The van der Waals surface area contributed by atoms with Gasteiger partial charge in [0, 0.05) is 0 Å².